The van der Waals surface area contributed by atoms with E-state index in [-0.39, 0.29) is 16.2 Å². The van der Waals surface area contributed by atoms with Crippen LogP contribution in [-0.2, 0) is 16.4 Å². The fourth-order valence-electron chi connectivity index (χ4n) is 1.79. The van der Waals surface area contributed by atoms with E-state index >= 15 is 0 Å². The van der Waals surface area contributed by atoms with Gasteiger partial charge in [-0.3, -0.25) is 0 Å². The van der Waals surface area contributed by atoms with Gasteiger partial charge in [-0.2, -0.15) is 0 Å². The topological polar surface area (TPSA) is 72.0 Å². The van der Waals surface area contributed by atoms with Crippen molar-refractivity contribution in [3.05, 3.63) is 52.0 Å². The van der Waals surface area contributed by atoms with E-state index in [1.165, 1.54) is 12.4 Å². The highest BCUT2D eigenvalue weighted by Crippen LogP contribution is 2.13. The minimum Gasteiger partial charge on any atom is -0.225 e. The van der Waals surface area contributed by atoms with E-state index in [0.717, 1.165) is 10.0 Å². The van der Waals surface area contributed by atoms with Crippen molar-refractivity contribution < 1.29 is 8.42 Å². The zero-order valence-corrected chi connectivity index (χ0v) is 14.3. The standard InChI is InChI=1S/C13H13BrClN3O2S/c1-9(6-10-2-4-11(14)5-3-10)18-21(19,20)12-7-16-13(15)17-8-12/h2-5,7-9,18H,6H2,1H3. The summed E-state index contributed by atoms with van der Waals surface area (Å²) in [4.78, 5) is 7.35. The summed E-state index contributed by atoms with van der Waals surface area (Å²) in [7, 11) is -3.65. The zero-order valence-electron chi connectivity index (χ0n) is 11.1. The lowest BCUT2D eigenvalue weighted by Crippen LogP contribution is -2.34. The third-order valence-electron chi connectivity index (χ3n) is 2.72. The largest absolute Gasteiger partial charge is 0.243 e. The molecular formula is C13H13BrClN3O2S. The molecule has 2 aromatic rings. The van der Waals surface area contributed by atoms with Crippen LogP contribution >= 0.6 is 27.5 Å². The van der Waals surface area contributed by atoms with Gasteiger partial charge in [-0.05, 0) is 42.6 Å². The first-order valence-electron chi connectivity index (χ1n) is 6.11. The lowest BCUT2D eigenvalue weighted by atomic mass is 10.1. The van der Waals surface area contributed by atoms with Gasteiger partial charge in [0.2, 0.25) is 15.3 Å². The predicted molar refractivity (Wildman–Crippen MR) is 84.7 cm³/mol. The summed E-state index contributed by atoms with van der Waals surface area (Å²) in [5.41, 5.74) is 1.04. The Morgan fingerprint density at radius 1 is 1.24 bits per heavy atom. The fraction of sp³-hybridized carbons (Fsp3) is 0.231. The summed E-state index contributed by atoms with van der Waals surface area (Å²) in [6, 6.07) is 7.47. The van der Waals surface area contributed by atoms with Gasteiger partial charge in [0.1, 0.15) is 4.90 Å². The summed E-state index contributed by atoms with van der Waals surface area (Å²) in [6.07, 6.45) is 2.95. The molecule has 0 aliphatic rings. The summed E-state index contributed by atoms with van der Waals surface area (Å²) >= 11 is 8.91. The van der Waals surface area contributed by atoms with Gasteiger partial charge in [0.15, 0.2) is 0 Å². The molecule has 1 heterocycles. The Morgan fingerprint density at radius 3 is 2.38 bits per heavy atom. The van der Waals surface area contributed by atoms with E-state index in [1.54, 1.807) is 6.92 Å². The van der Waals surface area contributed by atoms with Gasteiger partial charge < -0.3 is 0 Å². The second-order valence-electron chi connectivity index (χ2n) is 4.54. The number of benzene rings is 1. The van der Waals surface area contributed by atoms with Crippen molar-refractivity contribution in [3.8, 4) is 0 Å². The normalized spacial score (nSPS) is 13.1. The molecule has 5 nitrogen and oxygen atoms in total. The summed E-state index contributed by atoms with van der Waals surface area (Å²) in [6.45, 7) is 1.80. The van der Waals surface area contributed by atoms with Gasteiger partial charge >= 0.3 is 0 Å². The fourth-order valence-corrected chi connectivity index (χ4v) is 3.28. The Kier molecular flexibility index (Phi) is 5.32. The van der Waals surface area contributed by atoms with Crippen molar-refractivity contribution in [1.29, 1.82) is 0 Å². The van der Waals surface area contributed by atoms with Gasteiger partial charge in [-0.1, -0.05) is 28.1 Å². The smallest absolute Gasteiger partial charge is 0.225 e. The number of halogens is 2. The molecule has 0 saturated carbocycles. The summed E-state index contributed by atoms with van der Waals surface area (Å²) < 4.78 is 27.9. The SMILES string of the molecule is CC(Cc1ccc(Br)cc1)NS(=O)(=O)c1cnc(Cl)nc1. The Bertz CT molecular complexity index is 705. The van der Waals surface area contributed by atoms with E-state index in [9.17, 15) is 8.42 Å². The van der Waals surface area contributed by atoms with E-state index in [0.29, 0.717) is 6.42 Å². The second-order valence-corrected chi connectivity index (χ2v) is 7.51. The molecule has 1 aromatic heterocycles. The number of nitrogens with one attached hydrogen (secondary N) is 1. The van der Waals surface area contributed by atoms with Crippen LogP contribution in [0.5, 0.6) is 0 Å². The molecule has 0 aliphatic carbocycles. The average Bonchev–Trinajstić information content (AvgIpc) is 2.41. The van der Waals surface area contributed by atoms with Crippen LogP contribution in [0.1, 0.15) is 12.5 Å². The molecule has 0 bridgehead atoms. The van der Waals surface area contributed by atoms with Crippen molar-refractivity contribution in [3.63, 3.8) is 0 Å². The third-order valence-corrected chi connectivity index (χ3v) is 4.99. The van der Waals surface area contributed by atoms with Crippen LogP contribution in [0.3, 0.4) is 0 Å². The lowest BCUT2D eigenvalue weighted by molar-refractivity contribution is 0.559. The Hall–Kier alpha value is -1.02. The van der Waals surface area contributed by atoms with Crippen molar-refractivity contribution in [2.24, 2.45) is 0 Å². The molecular weight excluding hydrogens is 378 g/mol. The van der Waals surface area contributed by atoms with Gasteiger partial charge in [-0.15, -0.1) is 0 Å². The summed E-state index contributed by atoms with van der Waals surface area (Å²) in [5.74, 6) is 0. The van der Waals surface area contributed by atoms with Gasteiger partial charge in [0.25, 0.3) is 0 Å². The number of nitrogens with zero attached hydrogens (tertiary/aromatic N) is 2. The van der Waals surface area contributed by atoms with Crippen LogP contribution in [0.25, 0.3) is 0 Å². The highest BCUT2D eigenvalue weighted by Gasteiger charge is 2.18. The first kappa shape index (κ1) is 16.4. The molecule has 0 aliphatic heterocycles. The maximum Gasteiger partial charge on any atom is 0.243 e. The molecule has 1 aromatic carbocycles. The minimum atomic E-state index is -3.65. The van der Waals surface area contributed by atoms with Crippen molar-refractivity contribution in [1.82, 2.24) is 14.7 Å². The van der Waals surface area contributed by atoms with E-state index in [1.807, 2.05) is 24.3 Å². The van der Waals surface area contributed by atoms with Crippen molar-refractivity contribution in [2.45, 2.75) is 24.3 Å². The second kappa shape index (κ2) is 6.83. The maximum absolute atomic E-state index is 12.2. The number of sulfonamides is 1. The predicted octanol–water partition coefficient (Wildman–Crippen LogP) is 2.80. The molecule has 1 unspecified atom stereocenters. The molecule has 1 N–H and O–H groups in total. The van der Waals surface area contributed by atoms with Crippen LogP contribution in [0.2, 0.25) is 5.28 Å². The number of aromatic nitrogens is 2. The van der Waals surface area contributed by atoms with E-state index in [4.69, 9.17) is 11.6 Å². The molecule has 8 heteroatoms. The Morgan fingerprint density at radius 2 is 1.81 bits per heavy atom. The molecule has 112 valence electrons. The Labute approximate surface area is 137 Å². The zero-order chi connectivity index (χ0) is 15.5. The van der Waals surface area contributed by atoms with Crippen LogP contribution < -0.4 is 4.72 Å². The quantitative estimate of drug-likeness (QED) is 0.797. The third kappa shape index (κ3) is 4.74. The Balaban J connectivity index is 2.05. The number of hydrogen-bond donors (Lipinski definition) is 1. The highest BCUT2D eigenvalue weighted by atomic mass is 79.9. The first-order valence-corrected chi connectivity index (χ1v) is 8.76. The molecule has 0 saturated heterocycles. The lowest BCUT2D eigenvalue weighted by Gasteiger charge is -2.14. The molecule has 0 amide bonds. The molecule has 21 heavy (non-hydrogen) atoms. The molecule has 0 fully saturated rings. The summed E-state index contributed by atoms with van der Waals surface area (Å²) in [5, 5.41) is 0.0110. The van der Waals surface area contributed by atoms with Crippen molar-refractivity contribution >= 4 is 37.6 Å². The van der Waals surface area contributed by atoms with E-state index in [2.05, 4.69) is 30.6 Å². The first-order chi connectivity index (χ1) is 9.87. The van der Waals surface area contributed by atoms with Crippen LogP contribution in [0, 0.1) is 0 Å². The molecule has 0 radical (unpaired) electrons. The number of hydrogen-bond acceptors (Lipinski definition) is 4. The van der Waals surface area contributed by atoms with Gasteiger partial charge in [0, 0.05) is 10.5 Å². The number of rotatable bonds is 5. The molecule has 0 spiro atoms. The highest BCUT2D eigenvalue weighted by molar-refractivity contribution is 9.10. The van der Waals surface area contributed by atoms with Crippen molar-refractivity contribution in [2.75, 3.05) is 0 Å². The van der Waals surface area contributed by atoms with Crippen LogP contribution in [0.4, 0.5) is 0 Å². The average molecular weight is 391 g/mol. The van der Waals surface area contributed by atoms with Crippen LogP contribution in [-0.4, -0.2) is 24.4 Å². The minimum absolute atomic E-state index is 0.00504. The van der Waals surface area contributed by atoms with E-state index < -0.39 is 10.0 Å². The van der Waals surface area contributed by atoms with Gasteiger partial charge in [0.05, 0.1) is 12.4 Å². The monoisotopic (exact) mass is 389 g/mol. The molecule has 1 atom stereocenters. The molecule has 2 rings (SSSR count). The van der Waals surface area contributed by atoms with Crippen LogP contribution in [0.15, 0.2) is 46.0 Å². The van der Waals surface area contributed by atoms with Gasteiger partial charge in [-0.25, -0.2) is 23.1 Å². The maximum atomic E-state index is 12.2.